The molecule has 0 aliphatic carbocycles. The fraction of sp³-hybridized carbons (Fsp3) is 0.538. The standard InChI is InChI=1S/C13H18F2O/c1-9(2)13(3,8-16)7-10-5-4-6-11(14)12(10)15/h4-6,9,16H,7-8H2,1-3H3. The van der Waals surface area contributed by atoms with Gasteiger partial charge in [0.1, 0.15) is 0 Å². The number of hydrogen-bond donors (Lipinski definition) is 1. The van der Waals surface area contributed by atoms with Gasteiger partial charge >= 0.3 is 0 Å². The van der Waals surface area contributed by atoms with E-state index in [1.54, 1.807) is 6.07 Å². The topological polar surface area (TPSA) is 20.2 Å². The molecule has 0 aliphatic rings. The Kier molecular flexibility index (Phi) is 4.03. The fourth-order valence-electron chi connectivity index (χ4n) is 1.56. The smallest absolute Gasteiger partial charge is 0.162 e. The van der Waals surface area contributed by atoms with E-state index >= 15 is 0 Å². The first-order chi connectivity index (χ1) is 7.40. The lowest BCUT2D eigenvalue weighted by molar-refractivity contribution is 0.0937. The van der Waals surface area contributed by atoms with Gasteiger partial charge in [0.15, 0.2) is 11.6 Å². The van der Waals surface area contributed by atoms with Crippen LogP contribution in [0.2, 0.25) is 0 Å². The molecule has 0 fully saturated rings. The highest BCUT2D eigenvalue weighted by Crippen LogP contribution is 2.31. The first-order valence-electron chi connectivity index (χ1n) is 5.44. The Balaban J connectivity index is 2.99. The molecule has 1 aromatic rings. The van der Waals surface area contributed by atoms with Crippen LogP contribution in [0.15, 0.2) is 18.2 Å². The molecule has 1 rings (SSSR count). The van der Waals surface area contributed by atoms with E-state index in [4.69, 9.17) is 0 Å². The van der Waals surface area contributed by atoms with Gasteiger partial charge in [-0.25, -0.2) is 8.78 Å². The van der Waals surface area contributed by atoms with Crippen molar-refractivity contribution >= 4 is 0 Å². The van der Waals surface area contributed by atoms with E-state index in [1.807, 2.05) is 20.8 Å². The lowest BCUT2D eigenvalue weighted by atomic mass is 9.75. The van der Waals surface area contributed by atoms with Crippen LogP contribution in [-0.4, -0.2) is 11.7 Å². The zero-order valence-electron chi connectivity index (χ0n) is 9.93. The molecule has 0 radical (unpaired) electrons. The minimum absolute atomic E-state index is 0.0411. The summed E-state index contributed by atoms with van der Waals surface area (Å²) in [6, 6.07) is 4.16. The van der Waals surface area contributed by atoms with E-state index < -0.39 is 17.0 Å². The Morgan fingerprint density at radius 1 is 1.31 bits per heavy atom. The summed E-state index contributed by atoms with van der Waals surface area (Å²) in [6.07, 6.45) is 0.338. The molecular formula is C13H18F2O. The molecule has 0 saturated heterocycles. The van der Waals surface area contributed by atoms with Gasteiger partial charge in [0.25, 0.3) is 0 Å². The van der Waals surface area contributed by atoms with Gasteiger partial charge in [-0.05, 0) is 29.4 Å². The van der Waals surface area contributed by atoms with Crippen LogP contribution >= 0.6 is 0 Å². The van der Waals surface area contributed by atoms with E-state index in [0.29, 0.717) is 12.0 Å². The summed E-state index contributed by atoms with van der Waals surface area (Å²) >= 11 is 0. The summed E-state index contributed by atoms with van der Waals surface area (Å²) < 4.78 is 26.5. The third kappa shape index (κ3) is 2.59. The molecule has 0 saturated carbocycles. The minimum atomic E-state index is -0.832. The zero-order chi connectivity index (χ0) is 12.3. The molecule has 1 nitrogen and oxygen atoms in total. The van der Waals surface area contributed by atoms with Crippen LogP contribution in [0.4, 0.5) is 8.78 Å². The highest BCUT2D eigenvalue weighted by Gasteiger charge is 2.29. The molecule has 0 bridgehead atoms. The Hall–Kier alpha value is -0.960. The van der Waals surface area contributed by atoms with Crippen molar-refractivity contribution < 1.29 is 13.9 Å². The van der Waals surface area contributed by atoms with E-state index in [9.17, 15) is 13.9 Å². The van der Waals surface area contributed by atoms with Gasteiger partial charge in [-0.1, -0.05) is 32.9 Å². The average molecular weight is 228 g/mol. The molecule has 1 aromatic carbocycles. The highest BCUT2D eigenvalue weighted by atomic mass is 19.2. The van der Waals surface area contributed by atoms with Crippen LogP contribution in [-0.2, 0) is 6.42 Å². The maximum atomic E-state index is 13.5. The van der Waals surface area contributed by atoms with Crippen molar-refractivity contribution in [1.29, 1.82) is 0 Å². The van der Waals surface area contributed by atoms with Crippen molar-refractivity contribution in [3.63, 3.8) is 0 Å². The molecule has 1 unspecified atom stereocenters. The molecule has 1 N–H and O–H groups in total. The second kappa shape index (κ2) is 4.91. The average Bonchev–Trinajstić information content (AvgIpc) is 2.24. The molecule has 1 atom stereocenters. The van der Waals surface area contributed by atoms with Gasteiger partial charge in [0.05, 0.1) is 0 Å². The summed E-state index contributed by atoms with van der Waals surface area (Å²) in [6.45, 7) is 5.77. The minimum Gasteiger partial charge on any atom is -0.396 e. The van der Waals surface area contributed by atoms with E-state index in [2.05, 4.69) is 0 Å². The molecule has 0 spiro atoms. The summed E-state index contributed by atoms with van der Waals surface area (Å²) in [5.74, 6) is -1.44. The fourth-order valence-corrected chi connectivity index (χ4v) is 1.56. The normalized spacial score (nSPS) is 15.2. The molecule has 0 aliphatic heterocycles. The van der Waals surface area contributed by atoms with Gasteiger partial charge < -0.3 is 5.11 Å². The molecule has 0 aromatic heterocycles. The van der Waals surface area contributed by atoms with Crippen LogP contribution in [0.25, 0.3) is 0 Å². The van der Waals surface area contributed by atoms with Crippen LogP contribution in [0.3, 0.4) is 0 Å². The van der Waals surface area contributed by atoms with Crippen molar-refractivity contribution in [3.05, 3.63) is 35.4 Å². The zero-order valence-corrected chi connectivity index (χ0v) is 9.93. The third-order valence-electron chi connectivity index (χ3n) is 3.38. The predicted molar refractivity (Wildman–Crippen MR) is 60.1 cm³/mol. The molecular weight excluding hydrogens is 210 g/mol. The van der Waals surface area contributed by atoms with Gasteiger partial charge in [0.2, 0.25) is 0 Å². The van der Waals surface area contributed by atoms with Gasteiger partial charge in [-0.3, -0.25) is 0 Å². The summed E-state index contributed by atoms with van der Waals surface area (Å²) in [4.78, 5) is 0. The number of aliphatic hydroxyl groups excluding tert-OH is 1. The number of aliphatic hydroxyl groups is 1. The first-order valence-corrected chi connectivity index (χ1v) is 5.44. The van der Waals surface area contributed by atoms with Crippen LogP contribution in [0, 0.1) is 23.0 Å². The van der Waals surface area contributed by atoms with Crippen molar-refractivity contribution in [2.75, 3.05) is 6.61 Å². The van der Waals surface area contributed by atoms with Crippen molar-refractivity contribution in [2.24, 2.45) is 11.3 Å². The second-order valence-electron chi connectivity index (χ2n) is 4.86. The van der Waals surface area contributed by atoms with Crippen molar-refractivity contribution in [1.82, 2.24) is 0 Å². The SMILES string of the molecule is CC(C)C(C)(CO)Cc1cccc(F)c1F. The molecule has 16 heavy (non-hydrogen) atoms. The molecule has 3 heteroatoms. The summed E-state index contributed by atoms with van der Waals surface area (Å²) in [5.41, 5.74) is -0.0977. The van der Waals surface area contributed by atoms with Gasteiger partial charge in [-0.15, -0.1) is 0 Å². The third-order valence-corrected chi connectivity index (χ3v) is 3.38. The Morgan fingerprint density at radius 3 is 2.44 bits per heavy atom. The van der Waals surface area contributed by atoms with E-state index in [0.717, 1.165) is 6.07 Å². The van der Waals surface area contributed by atoms with Crippen molar-refractivity contribution in [3.8, 4) is 0 Å². The Morgan fingerprint density at radius 2 is 1.94 bits per heavy atom. The van der Waals surface area contributed by atoms with Gasteiger partial charge in [-0.2, -0.15) is 0 Å². The van der Waals surface area contributed by atoms with Crippen LogP contribution < -0.4 is 0 Å². The van der Waals surface area contributed by atoms with E-state index in [1.165, 1.54) is 6.07 Å². The summed E-state index contributed by atoms with van der Waals surface area (Å²) in [7, 11) is 0. The lowest BCUT2D eigenvalue weighted by Gasteiger charge is -2.32. The molecule has 90 valence electrons. The maximum Gasteiger partial charge on any atom is 0.162 e. The molecule has 0 amide bonds. The monoisotopic (exact) mass is 228 g/mol. The lowest BCUT2D eigenvalue weighted by Crippen LogP contribution is -2.30. The summed E-state index contributed by atoms with van der Waals surface area (Å²) in [5, 5.41) is 9.36. The number of hydrogen-bond acceptors (Lipinski definition) is 1. The first kappa shape index (κ1) is 13.1. The Labute approximate surface area is 95.1 Å². The van der Waals surface area contributed by atoms with Gasteiger partial charge in [0, 0.05) is 6.61 Å². The number of rotatable bonds is 4. The van der Waals surface area contributed by atoms with Crippen LogP contribution in [0.1, 0.15) is 26.3 Å². The van der Waals surface area contributed by atoms with Crippen LogP contribution in [0.5, 0.6) is 0 Å². The number of halogens is 2. The maximum absolute atomic E-state index is 13.5. The van der Waals surface area contributed by atoms with E-state index in [-0.39, 0.29) is 12.5 Å². The predicted octanol–water partition coefficient (Wildman–Crippen LogP) is 3.16. The Bertz CT molecular complexity index is 363. The highest BCUT2D eigenvalue weighted by molar-refractivity contribution is 5.20. The van der Waals surface area contributed by atoms with Crippen molar-refractivity contribution in [2.45, 2.75) is 27.2 Å². The largest absolute Gasteiger partial charge is 0.396 e. The second-order valence-corrected chi connectivity index (χ2v) is 4.86. The quantitative estimate of drug-likeness (QED) is 0.839. The number of benzene rings is 1. The molecule has 0 heterocycles.